The molecule has 0 aliphatic heterocycles. The number of hydrogen-bond acceptors (Lipinski definition) is 4. The monoisotopic (exact) mass is 330 g/mol. The summed E-state index contributed by atoms with van der Waals surface area (Å²) in [6, 6.07) is 12.5. The number of benzene rings is 1. The number of methoxy groups -OCH3 is 1. The van der Waals surface area contributed by atoms with Gasteiger partial charge in [0.1, 0.15) is 12.4 Å². The van der Waals surface area contributed by atoms with Crippen molar-refractivity contribution in [1.29, 1.82) is 0 Å². The van der Waals surface area contributed by atoms with Gasteiger partial charge < -0.3 is 19.4 Å². The molecular weight excluding hydrogens is 308 g/mol. The third-order valence-corrected chi connectivity index (χ3v) is 3.45. The summed E-state index contributed by atoms with van der Waals surface area (Å²) >= 11 is 0. The molecule has 1 aromatic carbocycles. The Morgan fingerprint density at radius 3 is 2.62 bits per heavy atom. The summed E-state index contributed by atoms with van der Waals surface area (Å²) in [6.07, 6.45) is 1.94. The standard InChI is InChI=1S/C18H22N2O4/c1-23-12-13-24-16-7-5-15(6-8-16)14-19-17(21)9-11-20-10-3-2-4-18(20)22/h2-8,10H,9,11-14H2,1H3,(H,19,21). The summed E-state index contributed by atoms with van der Waals surface area (Å²) in [4.78, 5) is 23.4. The Morgan fingerprint density at radius 1 is 1.12 bits per heavy atom. The Balaban J connectivity index is 1.73. The number of ether oxygens (including phenoxy) is 2. The third-order valence-electron chi connectivity index (χ3n) is 3.45. The molecule has 0 radical (unpaired) electrons. The zero-order valence-corrected chi connectivity index (χ0v) is 13.7. The maximum absolute atomic E-state index is 11.9. The van der Waals surface area contributed by atoms with Gasteiger partial charge in [0.25, 0.3) is 5.56 Å². The van der Waals surface area contributed by atoms with Crippen LogP contribution in [0.15, 0.2) is 53.5 Å². The summed E-state index contributed by atoms with van der Waals surface area (Å²) in [5.74, 6) is 0.678. The number of aryl methyl sites for hydroxylation is 1. The van der Waals surface area contributed by atoms with E-state index >= 15 is 0 Å². The van der Waals surface area contributed by atoms with Crippen LogP contribution in [0.5, 0.6) is 5.75 Å². The van der Waals surface area contributed by atoms with Crippen molar-refractivity contribution in [1.82, 2.24) is 9.88 Å². The van der Waals surface area contributed by atoms with E-state index in [1.54, 1.807) is 25.4 Å². The highest BCUT2D eigenvalue weighted by molar-refractivity contribution is 5.75. The molecule has 0 unspecified atom stereocenters. The molecule has 2 aromatic rings. The van der Waals surface area contributed by atoms with Crippen molar-refractivity contribution in [2.24, 2.45) is 0 Å². The van der Waals surface area contributed by atoms with Crippen molar-refractivity contribution in [3.63, 3.8) is 0 Å². The zero-order chi connectivity index (χ0) is 17.2. The van der Waals surface area contributed by atoms with E-state index in [1.165, 1.54) is 10.6 Å². The average molecular weight is 330 g/mol. The van der Waals surface area contributed by atoms with Crippen molar-refractivity contribution in [2.75, 3.05) is 20.3 Å². The minimum absolute atomic E-state index is 0.0915. The summed E-state index contributed by atoms with van der Waals surface area (Å²) < 4.78 is 11.9. The fourth-order valence-corrected chi connectivity index (χ4v) is 2.10. The van der Waals surface area contributed by atoms with Gasteiger partial charge in [-0.15, -0.1) is 0 Å². The average Bonchev–Trinajstić information content (AvgIpc) is 2.60. The first-order valence-electron chi connectivity index (χ1n) is 7.82. The molecule has 0 saturated carbocycles. The molecule has 1 heterocycles. The highest BCUT2D eigenvalue weighted by atomic mass is 16.5. The molecule has 24 heavy (non-hydrogen) atoms. The Labute approximate surface area is 141 Å². The molecule has 128 valence electrons. The number of aromatic nitrogens is 1. The highest BCUT2D eigenvalue weighted by Gasteiger charge is 2.03. The minimum atomic E-state index is -0.102. The van der Waals surface area contributed by atoms with E-state index in [-0.39, 0.29) is 17.9 Å². The van der Waals surface area contributed by atoms with Crippen LogP contribution in [0.4, 0.5) is 0 Å². The highest BCUT2D eigenvalue weighted by Crippen LogP contribution is 2.12. The number of carbonyl (C=O) groups excluding carboxylic acids is 1. The summed E-state index contributed by atoms with van der Waals surface area (Å²) in [5.41, 5.74) is 0.883. The molecule has 0 aliphatic rings. The normalized spacial score (nSPS) is 10.4. The molecule has 1 N–H and O–H groups in total. The second-order valence-electron chi connectivity index (χ2n) is 5.24. The van der Waals surface area contributed by atoms with Crippen LogP contribution in [0.25, 0.3) is 0 Å². The van der Waals surface area contributed by atoms with Crippen LogP contribution in [0.2, 0.25) is 0 Å². The quantitative estimate of drug-likeness (QED) is 0.709. The lowest BCUT2D eigenvalue weighted by Gasteiger charge is -2.08. The number of nitrogens with one attached hydrogen (secondary N) is 1. The lowest BCUT2D eigenvalue weighted by atomic mass is 10.2. The number of amides is 1. The molecule has 0 fully saturated rings. The number of hydrogen-bond donors (Lipinski definition) is 1. The lowest BCUT2D eigenvalue weighted by Crippen LogP contribution is -2.26. The van der Waals surface area contributed by atoms with E-state index in [0.717, 1.165) is 11.3 Å². The van der Waals surface area contributed by atoms with Gasteiger partial charge >= 0.3 is 0 Å². The molecule has 0 saturated heterocycles. The van der Waals surface area contributed by atoms with Gasteiger partial charge in [-0.2, -0.15) is 0 Å². The first kappa shape index (κ1) is 17.7. The largest absolute Gasteiger partial charge is 0.491 e. The van der Waals surface area contributed by atoms with Gasteiger partial charge in [-0.3, -0.25) is 9.59 Å². The number of pyridine rings is 1. The maximum atomic E-state index is 11.9. The van der Waals surface area contributed by atoms with Crippen LogP contribution in [0, 0.1) is 0 Å². The summed E-state index contributed by atoms with van der Waals surface area (Å²) in [7, 11) is 1.63. The van der Waals surface area contributed by atoms with E-state index in [4.69, 9.17) is 9.47 Å². The van der Waals surface area contributed by atoms with E-state index in [2.05, 4.69) is 5.32 Å². The van der Waals surface area contributed by atoms with Gasteiger partial charge in [0.05, 0.1) is 6.61 Å². The molecular formula is C18H22N2O4. The number of nitrogens with zero attached hydrogens (tertiary/aromatic N) is 1. The molecule has 6 heteroatoms. The van der Waals surface area contributed by atoms with Gasteiger partial charge in [-0.05, 0) is 23.8 Å². The molecule has 6 nitrogen and oxygen atoms in total. The zero-order valence-electron chi connectivity index (χ0n) is 13.7. The molecule has 0 bridgehead atoms. The fourth-order valence-electron chi connectivity index (χ4n) is 2.10. The fraction of sp³-hybridized carbons (Fsp3) is 0.333. The third kappa shape index (κ3) is 5.89. The molecule has 1 amide bonds. The van der Waals surface area contributed by atoms with Crippen molar-refractivity contribution in [2.45, 2.75) is 19.5 Å². The van der Waals surface area contributed by atoms with Gasteiger partial charge in [0, 0.05) is 38.9 Å². The Hall–Kier alpha value is -2.60. The van der Waals surface area contributed by atoms with Crippen LogP contribution >= 0.6 is 0 Å². The van der Waals surface area contributed by atoms with E-state index in [0.29, 0.717) is 26.3 Å². The number of rotatable bonds is 9. The molecule has 2 rings (SSSR count). The predicted octanol–water partition coefficient (Wildman–Crippen LogP) is 1.58. The molecule has 1 aromatic heterocycles. The van der Waals surface area contributed by atoms with Crippen molar-refractivity contribution >= 4 is 5.91 Å². The van der Waals surface area contributed by atoms with Crippen molar-refractivity contribution in [3.05, 3.63) is 64.6 Å². The van der Waals surface area contributed by atoms with Gasteiger partial charge in [-0.1, -0.05) is 18.2 Å². The Bertz CT molecular complexity index is 695. The second kappa shape index (κ2) is 9.52. The van der Waals surface area contributed by atoms with Crippen LogP contribution in [-0.4, -0.2) is 30.8 Å². The topological polar surface area (TPSA) is 69.6 Å². The maximum Gasteiger partial charge on any atom is 0.250 e. The van der Waals surface area contributed by atoms with Crippen LogP contribution in [0.3, 0.4) is 0 Å². The van der Waals surface area contributed by atoms with Crippen LogP contribution < -0.4 is 15.6 Å². The van der Waals surface area contributed by atoms with E-state index in [1.807, 2.05) is 24.3 Å². The first-order chi connectivity index (χ1) is 11.7. The minimum Gasteiger partial charge on any atom is -0.491 e. The van der Waals surface area contributed by atoms with Crippen molar-refractivity contribution in [3.8, 4) is 5.75 Å². The summed E-state index contributed by atoms with van der Waals surface area (Å²) in [6.45, 7) is 1.87. The Morgan fingerprint density at radius 2 is 1.92 bits per heavy atom. The van der Waals surface area contributed by atoms with Crippen molar-refractivity contribution < 1.29 is 14.3 Å². The van der Waals surface area contributed by atoms with E-state index in [9.17, 15) is 9.59 Å². The SMILES string of the molecule is COCCOc1ccc(CNC(=O)CCn2ccccc2=O)cc1. The summed E-state index contributed by atoms with van der Waals surface area (Å²) in [5, 5.41) is 2.85. The second-order valence-corrected chi connectivity index (χ2v) is 5.24. The van der Waals surface area contributed by atoms with Gasteiger partial charge in [0.2, 0.25) is 5.91 Å². The molecule has 0 atom stereocenters. The molecule has 0 aliphatic carbocycles. The predicted molar refractivity (Wildman–Crippen MR) is 91.0 cm³/mol. The Kier molecular flexibility index (Phi) is 7.04. The van der Waals surface area contributed by atoms with Gasteiger partial charge in [-0.25, -0.2) is 0 Å². The first-order valence-corrected chi connectivity index (χ1v) is 7.82. The van der Waals surface area contributed by atoms with E-state index < -0.39 is 0 Å². The smallest absolute Gasteiger partial charge is 0.250 e. The van der Waals surface area contributed by atoms with Crippen LogP contribution in [0.1, 0.15) is 12.0 Å². The lowest BCUT2D eigenvalue weighted by molar-refractivity contribution is -0.121. The van der Waals surface area contributed by atoms with Gasteiger partial charge in [0.15, 0.2) is 0 Å². The molecule has 0 spiro atoms. The van der Waals surface area contributed by atoms with Crippen LogP contribution in [-0.2, 0) is 22.6 Å². The number of carbonyl (C=O) groups is 1.